The molecule has 1 saturated heterocycles. The minimum atomic E-state index is -0.276. The van der Waals surface area contributed by atoms with E-state index in [0.717, 1.165) is 24.3 Å². The first kappa shape index (κ1) is 15.0. The Balaban J connectivity index is 1.97. The van der Waals surface area contributed by atoms with Crippen molar-refractivity contribution in [3.05, 3.63) is 21.9 Å². The second kappa shape index (κ2) is 6.89. The summed E-state index contributed by atoms with van der Waals surface area (Å²) in [6.07, 6.45) is 2.36. The first-order valence-corrected chi connectivity index (χ1v) is 7.54. The highest BCUT2D eigenvalue weighted by atomic mass is 32.1. The van der Waals surface area contributed by atoms with Crippen molar-refractivity contribution < 1.29 is 14.6 Å². The fourth-order valence-electron chi connectivity index (χ4n) is 2.10. The molecule has 5 heteroatoms. The van der Waals surface area contributed by atoms with Crippen molar-refractivity contribution in [3.63, 3.8) is 0 Å². The maximum atomic E-state index is 12.2. The van der Waals surface area contributed by atoms with Crippen LogP contribution in [-0.2, 0) is 4.74 Å². The van der Waals surface area contributed by atoms with Gasteiger partial charge in [-0.1, -0.05) is 11.8 Å². The van der Waals surface area contributed by atoms with E-state index in [9.17, 15) is 4.79 Å². The van der Waals surface area contributed by atoms with E-state index in [0.29, 0.717) is 17.9 Å². The first-order valence-electron chi connectivity index (χ1n) is 6.73. The molecule has 2 heterocycles. The lowest BCUT2D eigenvalue weighted by atomic mass is 9.95. The summed E-state index contributed by atoms with van der Waals surface area (Å²) >= 11 is 1.37. The van der Waals surface area contributed by atoms with Crippen LogP contribution < -0.4 is 5.32 Å². The summed E-state index contributed by atoms with van der Waals surface area (Å²) in [5.41, 5.74) is -0.276. The monoisotopic (exact) mass is 293 g/mol. The molecule has 0 aliphatic carbocycles. The van der Waals surface area contributed by atoms with Gasteiger partial charge in [-0.3, -0.25) is 4.79 Å². The van der Waals surface area contributed by atoms with Crippen LogP contribution in [-0.4, -0.2) is 36.4 Å². The number of carbonyl (C=O) groups excluding carboxylic acids is 1. The Morgan fingerprint density at radius 1 is 1.60 bits per heavy atom. The third kappa shape index (κ3) is 4.07. The summed E-state index contributed by atoms with van der Waals surface area (Å²) in [5, 5.41) is 11.7. The number of rotatable bonds is 3. The predicted molar refractivity (Wildman–Crippen MR) is 78.8 cm³/mol. The van der Waals surface area contributed by atoms with Gasteiger partial charge < -0.3 is 15.2 Å². The molecule has 108 valence electrons. The predicted octanol–water partition coefficient (Wildman–Crippen LogP) is 1.78. The Labute approximate surface area is 123 Å². The maximum absolute atomic E-state index is 12.2. The van der Waals surface area contributed by atoms with Gasteiger partial charge in [0.2, 0.25) is 0 Å². The number of aliphatic hydroxyl groups is 1. The van der Waals surface area contributed by atoms with Gasteiger partial charge >= 0.3 is 0 Å². The number of thiophene rings is 1. The highest BCUT2D eigenvalue weighted by Gasteiger charge is 2.29. The molecular weight excluding hydrogens is 274 g/mol. The summed E-state index contributed by atoms with van der Waals surface area (Å²) in [4.78, 5) is 13.7. The van der Waals surface area contributed by atoms with Gasteiger partial charge in [-0.05, 0) is 31.9 Å². The van der Waals surface area contributed by atoms with E-state index in [1.807, 2.05) is 13.0 Å². The van der Waals surface area contributed by atoms with E-state index < -0.39 is 0 Å². The highest BCUT2D eigenvalue weighted by Crippen LogP contribution is 2.21. The Hall–Kier alpha value is -1.35. The number of ether oxygens (including phenoxy) is 1. The third-order valence-corrected chi connectivity index (χ3v) is 4.13. The molecule has 20 heavy (non-hydrogen) atoms. The van der Waals surface area contributed by atoms with E-state index in [1.54, 1.807) is 6.07 Å². The molecule has 1 aromatic rings. The topological polar surface area (TPSA) is 58.6 Å². The second-order valence-electron chi connectivity index (χ2n) is 5.11. The molecule has 1 unspecified atom stereocenters. The summed E-state index contributed by atoms with van der Waals surface area (Å²) in [5.74, 6) is 5.72. The zero-order valence-corrected chi connectivity index (χ0v) is 12.4. The first-order chi connectivity index (χ1) is 9.63. The zero-order chi connectivity index (χ0) is 14.4. The fraction of sp³-hybridized carbons (Fsp3) is 0.533. The van der Waals surface area contributed by atoms with E-state index in [-0.39, 0.29) is 18.1 Å². The van der Waals surface area contributed by atoms with Crippen LogP contribution in [0.25, 0.3) is 0 Å². The number of amides is 1. The lowest BCUT2D eigenvalue weighted by Crippen LogP contribution is -2.51. The average molecular weight is 293 g/mol. The molecule has 0 spiro atoms. The molecule has 2 rings (SSSR count). The second-order valence-corrected chi connectivity index (χ2v) is 6.19. The quantitative estimate of drug-likeness (QED) is 0.835. The largest absolute Gasteiger partial charge is 0.395 e. The van der Waals surface area contributed by atoms with Crippen molar-refractivity contribution in [1.82, 2.24) is 5.32 Å². The number of hydrogen-bond donors (Lipinski definition) is 2. The molecule has 0 bridgehead atoms. The highest BCUT2D eigenvalue weighted by molar-refractivity contribution is 7.14. The van der Waals surface area contributed by atoms with Crippen molar-refractivity contribution in [1.29, 1.82) is 0 Å². The molecule has 1 aliphatic heterocycles. The van der Waals surface area contributed by atoms with E-state index in [1.165, 1.54) is 11.3 Å². The molecule has 1 atom stereocenters. The summed E-state index contributed by atoms with van der Waals surface area (Å²) in [6.45, 7) is 3.41. The smallest absolute Gasteiger partial charge is 0.261 e. The molecule has 1 amide bonds. The number of nitrogens with one attached hydrogen (secondary N) is 1. The van der Waals surface area contributed by atoms with Crippen LogP contribution in [0.2, 0.25) is 0 Å². The van der Waals surface area contributed by atoms with Crippen LogP contribution in [0.1, 0.15) is 40.7 Å². The molecule has 1 fully saturated rings. The summed E-state index contributed by atoms with van der Waals surface area (Å²) < 4.78 is 5.44. The minimum absolute atomic E-state index is 0.0596. The van der Waals surface area contributed by atoms with Crippen molar-refractivity contribution in [2.24, 2.45) is 0 Å². The molecule has 0 aromatic carbocycles. The van der Waals surface area contributed by atoms with Crippen molar-refractivity contribution in [2.75, 3.05) is 19.8 Å². The molecule has 1 aliphatic rings. The van der Waals surface area contributed by atoms with Gasteiger partial charge in [-0.25, -0.2) is 0 Å². The van der Waals surface area contributed by atoms with Gasteiger partial charge in [0.15, 0.2) is 0 Å². The van der Waals surface area contributed by atoms with Crippen molar-refractivity contribution >= 4 is 17.2 Å². The lowest BCUT2D eigenvalue weighted by molar-refractivity contribution is 0.0274. The van der Waals surface area contributed by atoms with Gasteiger partial charge in [0, 0.05) is 13.0 Å². The maximum Gasteiger partial charge on any atom is 0.261 e. The number of carbonyl (C=O) groups is 1. The van der Waals surface area contributed by atoms with Crippen LogP contribution in [0.3, 0.4) is 0 Å². The number of hydrogen-bond acceptors (Lipinski definition) is 4. The van der Waals surface area contributed by atoms with Crippen LogP contribution in [0, 0.1) is 11.8 Å². The minimum Gasteiger partial charge on any atom is -0.395 e. The van der Waals surface area contributed by atoms with Crippen LogP contribution >= 0.6 is 11.3 Å². The fourth-order valence-corrected chi connectivity index (χ4v) is 2.88. The van der Waals surface area contributed by atoms with Gasteiger partial charge in [-0.2, -0.15) is 0 Å². The Kier molecular flexibility index (Phi) is 5.18. The third-order valence-electron chi connectivity index (χ3n) is 3.13. The van der Waals surface area contributed by atoms with E-state index >= 15 is 0 Å². The molecule has 2 N–H and O–H groups in total. The Bertz CT molecular complexity index is 521. The average Bonchev–Trinajstić information content (AvgIpc) is 2.88. The molecule has 0 radical (unpaired) electrons. The Morgan fingerprint density at radius 3 is 3.15 bits per heavy atom. The molecule has 1 aromatic heterocycles. The van der Waals surface area contributed by atoms with Gasteiger partial charge in [0.05, 0.1) is 28.5 Å². The molecular formula is C15H19NO3S. The normalized spacial score (nSPS) is 21.9. The van der Waals surface area contributed by atoms with Crippen LogP contribution in [0.4, 0.5) is 0 Å². The molecule has 0 saturated carbocycles. The van der Waals surface area contributed by atoms with Gasteiger partial charge in [-0.15, -0.1) is 11.3 Å². The zero-order valence-electron chi connectivity index (χ0n) is 11.6. The summed E-state index contributed by atoms with van der Waals surface area (Å²) in [7, 11) is 0. The SMILES string of the molecule is CC1(NC(=O)c2ccc(C#CCCO)s2)CCCOC1. The van der Waals surface area contributed by atoms with E-state index in [2.05, 4.69) is 17.2 Å². The van der Waals surface area contributed by atoms with Crippen molar-refractivity contribution in [3.8, 4) is 11.8 Å². The van der Waals surface area contributed by atoms with Crippen molar-refractivity contribution in [2.45, 2.75) is 31.7 Å². The summed E-state index contributed by atoms with van der Waals surface area (Å²) in [6, 6.07) is 3.62. The van der Waals surface area contributed by atoms with Gasteiger partial charge in [0.25, 0.3) is 5.91 Å². The standard InChI is InChI=1S/C15H19NO3S/c1-15(8-4-10-19-11-15)16-14(18)13-7-6-12(20-13)5-2-3-9-17/h6-7,17H,3-4,8-11H2,1H3,(H,16,18). The Morgan fingerprint density at radius 2 is 2.45 bits per heavy atom. The van der Waals surface area contributed by atoms with Crippen LogP contribution in [0.5, 0.6) is 0 Å². The van der Waals surface area contributed by atoms with Gasteiger partial charge in [0.1, 0.15) is 0 Å². The van der Waals surface area contributed by atoms with Crippen LogP contribution in [0.15, 0.2) is 12.1 Å². The molecule has 4 nitrogen and oxygen atoms in total. The lowest BCUT2D eigenvalue weighted by Gasteiger charge is -2.34. The van der Waals surface area contributed by atoms with E-state index in [4.69, 9.17) is 9.84 Å². The number of aliphatic hydroxyl groups excluding tert-OH is 1.